The van der Waals surface area contributed by atoms with Crippen molar-refractivity contribution in [2.24, 2.45) is 0 Å². The summed E-state index contributed by atoms with van der Waals surface area (Å²) in [6.07, 6.45) is 10.7. The van der Waals surface area contributed by atoms with Crippen molar-refractivity contribution in [1.82, 2.24) is 14.3 Å². The van der Waals surface area contributed by atoms with E-state index in [4.69, 9.17) is 0 Å². The van der Waals surface area contributed by atoms with E-state index in [9.17, 15) is 8.42 Å². The van der Waals surface area contributed by atoms with Gasteiger partial charge in [-0.3, -0.25) is 9.97 Å². The number of aromatic nitrogens is 2. The summed E-state index contributed by atoms with van der Waals surface area (Å²) in [5, 5.41) is 3.40. The lowest BCUT2D eigenvalue weighted by Crippen LogP contribution is -2.27. The summed E-state index contributed by atoms with van der Waals surface area (Å²) < 4.78 is 27.4. The van der Waals surface area contributed by atoms with Gasteiger partial charge in [0.15, 0.2) is 0 Å². The molecule has 0 spiro atoms. The minimum atomic E-state index is -3.50. The molecule has 5 rings (SSSR count). The zero-order valence-corrected chi connectivity index (χ0v) is 19.3. The van der Waals surface area contributed by atoms with Gasteiger partial charge in [-0.25, -0.2) is 8.42 Å². The lowest BCUT2D eigenvalue weighted by molar-refractivity contribution is 0.477. The molecular weight excluding hydrogens is 420 g/mol. The highest BCUT2D eigenvalue weighted by atomic mass is 32.2. The molecule has 0 saturated carbocycles. The molecule has 2 aliphatic rings. The molecule has 2 aromatic heterocycles. The fourth-order valence-corrected chi connectivity index (χ4v) is 5.58. The number of rotatable bonds is 4. The molecule has 0 radical (unpaired) electrons. The van der Waals surface area contributed by atoms with Crippen LogP contribution in [0.2, 0.25) is 0 Å². The summed E-state index contributed by atoms with van der Waals surface area (Å²) in [4.78, 5) is 8.61. The first-order chi connectivity index (χ1) is 15.6. The summed E-state index contributed by atoms with van der Waals surface area (Å²) in [5.74, 6) is 0. The number of nitrogens with one attached hydrogen (secondary N) is 1. The fraction of sp³-hybridized carbons (Fsp3) is 0.280. The lowest BCUT2D eigenvalue weighted by atomic mass is 9.92. The molecule has 0 atom stereocenters. The van der Waals surface area contributed by atoms with Gasteiger partial charge in [-0.15, -0.1) is 0 Å². The Morgan fingerprint density at radius 2 is 1.62 bits per heavy atom. The number of anilines is 1. The summed E-state index contributed by atoms with van der Waals surface area (Å²) in [5.41, 5.74) is 6.11. The van der Waals surface area contributed by atoms with Crippen LogP contribution in [0.5, 0.6) is 0 Å². The Hall–Kier alpha value is -3.03. The number of pyridine rings is 2. The molecule has 32 heavy (non-hydrogen) atoms. The first-order valence-corrected chi connectivity index (χ1v) is 12.5. The van der Waals surface area contributed by atoms with Gasteiger partial charge in [0.2, 0.25) is 10.0 Å². The van der Waals surface area contributed by atoms with E-state index in [0.29, 0.717) is 13.1 Å². The average Bonchev–Trinajstić information content (AvgIpc) is 3.41. The van der Waals surface area contributed by atoms with E-state index in [2.05, 4.69) is 27.4 Å². The third-order valence-electron chi connectivity index (χ3n) is 5.65. The second-order valence-electron chi connectivity index (χ2n) is 7.52. The highest BCUT2D eigenvalue weighted by molar-refractivity contribution is 7.89. The molecular formula is C25H28N4O2S. The van der Waals surface area contributed by atoms with E-state index < -0.39 is 10.0 Å². The highest BCUT2D eigenvalue weighted by Crippen LogP contribution is 2.36. The molecule has 1 N–H and O–H groups in total. The summed E-state index contributed by atoms with van der Waals surface area (Å²) >= 11 is 0. The van der Waals surface area contributed by atoms with Gasteiger partial charge >= 0.3 is 0 Å². The van der Waals surface area contributed by atoms with Gasteiger partial charge in [0.05, 0.1) is 0 Å². The van der Waals surface area contributed by atoms with Crippen molar-refractivity contribution in [3.63, 3.8) is 0 Å². The average molecular weight is 449 g/mol. The molecule has 3 aromatic rings. The Morgan fingerprint density at radius 3 is 2.38 bits per heavy atom. The van der Waals surface area contributed by atoms with Crippen LogP contribution >= 0.6 is 0 Å². The van der Waals surface area contributed by atoms with Crippen LogP contribution in [0.25, 0.3) is 16.7 Å². The molecule has 0 bridgehead atoms. The van der Waals surface area contributed by atoms with Gasteiger partial charge in [0, 0.05) is 61.2 Å². The highest BCUT2D eigenvalue weighted by Gasteiger charge is 2.27. The second kappa shape index (κ2) is 9.63. The lowest BCUT2D eigenvalue weighted by Gasteiger charge is -2.21. The predicted octanol–water partition coefficient (Wildman–Crippen LogP) is 4.81. The Labute approximate surface area is 190 Å². The molecule has 4 heterocycles. The molecule has 0 aliphatic carbocycles. The molecule has 0 unspecified atom stereocenters. The van der Waals surface area contributed by atoms with Crippen LogP contribution in [0.3, 0.4) is 0 Å². The van der Waals surface area contributed by atoms with Gasteiger partial charge in [-0.2, -0.15) is 4.31 Å². The van der Waals surface area contributed by atoms with Gasteiger partial charge in [0.25, 0.3) is 0 Å². The number of hydrogen-bond donors (Lipinski definition) is 1. The zero-order chi connectivity index (χ0) is 22.6. The van der Waals surface area contributed by atoms with E-state index >= 15 is 0 Å². The number of hydrogen-bond acceptors (Lipinski definition) is 5. The molecule has 1 saturated heterocycles. The maximum absolute atomic E-state index is 12.9. The number of fused-ring (bicyclic) bond motifs is 1. The topological polar surface area (TPSA) is 75.2 Å². The van der Waals surface area contributed by atoms with Crippen molar-refractivity contribution in [3.05, 3.63) is 78.4 Å². The summed E-state index contributed by atoms with van der Waals surface area (Å²) in [6, 6.07) is 11.9. The van der Waals surface area contributed by atoms with Crippen molar-refractivity contribution >= 4 is 21.3 Å². The van der Waals surface area contributed by atoms with Crippen molar-refractivity contribution in [2.75, 3.05) is 25.0 Å². The minimum absolute atomic E-state index is 0.252. The smallest absolute Gasteiger partial charge is 0.244 e. The zero-order valence-electron chi connectivity index (χ0n) is 18.5. The Balaban J connectivity index is 0.00000119. The van der Waals surface area contributed by atoms with Gasteiger partial charge in [0.1, 0.15) is 4.90 Å². The maximum Gasteiger partial charge on any atom is 0.244 e. The van der Waals surface area contributed by atoms with Gasteiger partial charge in [-0.1, -0.05) is 26.0 Å². The number of sulfonamides is 1. The van der Waals surface area contributed by atoms with Crippen molar-refractivity contribution in [1.29, 1.82) is 0 Å². The predicted molar refractivity (Wildman–Crippen MR) is 129 cm³/mol. The minimum Gasteiger partial charge on any atom is -0.381 e. The van der Waals surface area contributed by atoms with Gasteiger partial charge < -0.3 is 5.32 Å². The Bertz CT molecular complexity index is 1220. The summed E-state index contributed by atoms with van der Waals surface area (Å²) in [7, 11) is -3.50. The largest absolute Gasteiger partial charge is 0.381 e. The first-order valence-electron chi connectivity index (χ1n) is 11.1. The van der Waals surface area contributed by atoms with Crippen LogP contribution in [0.4, 0.5) is 5.69 Å². The third-order valence-corrected chi connectivity index (χ3v) is 7.51. The van der Waals surface area contributed by atoms with Crippen LogP contribution in [0.15, 0.2) is 72.2 Å². The molecule has 6 nitrogen and oxygen atoms in total. The molecule has 0 amide bonds. The third kappa shape index (κ3) is 4.31. The standard InChI is InChI=1S/C23H22N4O2S.C2H6/c28-30(29,27-11-1-2-12-27)20-13-19(15-25-16-20)18-3-4-23-22(14-18)21(7-10-26-23)17-5-8-24-9-6-17;1-2/h3-9,13-16,26H,1-2,10-12H2;1-2H3. The number of benzene rings is 1. The molecule has 166 valence electrons. The Kier molecular flexibility index (Phi) is 6.67. The van der Waals surface area contributed by atoms with E-state index in [1.807, 2.05) is 38.1 Å². The quantitative estimate of drug-likeness (QED) is 0.620. The summed E-state index contributed by atoms with van der Waals surface area (Å²) in [6.45, 7) is 5.92. The van der Waals surface area contributed by atoms with Crippen LogP contribution in [-0.4, -0.2) is 42.3 Å². The second-order valence-corrected chi connectivity index (χ2v) is 9.45. The van der Waals surface area contributed by atoms with E-state index in [-0.39, 0.29) is 4.90 Å². The Morgan fingerprint density at radius 1 is 0.875 bits per heavy atom. The van der Waals surface area contributed by atoms with Crippen LogP contribution < -0.4 is 5.32 Å². The normalized spacial score (nSPS) is 15.8. The van der Waals surface area contributed by atoms with Crippen LogP contribution in [-0.2, 0) is 10.0 Å². The van der Waals surface area contributed by atoms with Crippen LogP contribution in [0, 0.1) is 0 Å². The molecule has 1 aromatic carbocycles. The molecule has 7 heteroatoms. The van der Waals surface area contributed by atoms with E-state index in [1.165, 1.54) is 6.20 Å². The maximum atomic E-state index is 12.9. The van der Waals surface area contributed by atoms with E-state index in [1.54, 1.807) is 29.0 Å². The number of nitrogens with zero attached hydrogens (tertiary/aromatic N) is 3. The van der Waals surface area contributed by atoms with Crippen molar-refractivity contribution in [2.45, 2.75) is 31.6 Å². The van der Waals surface area contributed by atoms with Crippen molar-refractivity contribution < 1.29 is 8.42 Å². The fourth-order valence-electron chi connectivity index (χ4n) is 4.07. The first kappa shape index (κ1) is 22.2. The molecule has 2 aliphatic heterocycles. The SMILES string of the molecule is CC.O=S(=O)(c1cncc(-c2ccc3c(c2)C(c2ccncc2)=CCN3)c1)N1CCCC1. The van der Waals surface area contributed by atoms with Crippen LogP contribution in [0.1, 0.15) is 37.8 Å². The van der Waals surface area contributed by atoms with Gasteiger partial charge in [-0.05, 0) is 59.9 Å². The molecule has 1 fully saturated rings. The van der Waals surface area contributed by atoms with E-state index in [0.717, 1.165) is 52.9 Å². The van der Waals surface area contributed by atoms with Crippen molar-refractivity contribution in [3.8, 4) is 11.1 Å². The monoisotopic (exact) mass is 448 g/mol.